The highest BCUT2D eigenvalue weighted by Crippen LogP contribution is 2.23. The molecule has 6 heteroatoms. The minimum absolute atomic E-state index is 0.0438. The number of hydrogen-bond donors (Lipinski definition) is 2. The highest BCUT2D eigenvalue weighted by atomic mass is 16.6. The van der Waals surface area contributed by atoms with Crippen molar-refractivity contribution in [1.82, 2.24) is 0 Å². The molecule has 0 saturated carbocycles. The maximum atomic E-state index is 11.6. The zero-order valence-electron chi connectivity index (χ0n) is 11.0. The van der Waals surface area contributed by atoms with Gasteiger partial charge in [0.25, 0.3) is 5.69 Å². The van der Waals surface area contributed by atoms with Gasteiger partial charge in [-0.2, -0.15) is 0 Å². The number of amides is 1. The lowest BCUT2D eigenvalue weighted by molar-refractivity contribution is -0.385. The van der Waals surface area contributed by atoms with Gasteiger partial charge in [-0.3, -0.25) is 14.9 Å². The molecule has 1 aromatic carbocycles. The van der Waals surface area contributed by atoms with Crippen LogP contribution in [0, 0.1) is 10.1 Å². The van der Waals surface area contributed by atoms with Gasteiger partial charge in [0.1, 0.15) is 0 Å². The number of carbonyl (C=O) groups is 1. The first-order valence-corrected chi connectivity index (χ1v) is 6.35. The van der Waals surface area contributed by atoms with Crippen molar-refractivity contribution in [2.24, 2.45) is 5.73 Å². The molecule has 1 rings (SSSR count). The molecule has 19 heavy (non-hydrogen) atoms. The Kier molecular flexibility index (Phi) is 5.95. The number of nitrogens with two attached hydrogens (primary N) is 1. The van der Waals surface area contributed by atoms with Crippen molar-refractivity contribution >= 4 is 17.3 Å². The van der Waals surface area contributed by atoms with Crippen LogP contribution in [-0.2, 0) is 11.2 Å². The standard InChI is InChI=1S/C13H19N3O3/c1-2-10-6-7-11(9-12(10)16(18)19)15-13(17)5-3-4-8-14/h6-7,9H,2-5,8,14H2,1H3,(H,15,17). The van der Waals surface area contributed by atoms with Gasteiger partial charge in [0, 0.05) is 23.7 Å². The van der Waals surface area contributed by atoms with E-state index in [1.165, 1.54) is 6.07 Å². The number of unbranched alkanes of at least 4 members (excludes halogenated alkanes) is 1. The molecular formula is C13H19N3O3. The molecule has 0 saturated heterocycles. The van der Waals surface area contributed by atoms with Gasteiger partial charge in [-0.1, -0.05) is 13.0 Å². The molecule has 0 radical (unpaired) electrons. The fourth-order valence-corrected chi connectivity index (χ4v) is 1.76. The van der Waals surface area contributed by atoms with Crippen molar-refractivity contribution < 1.29 is 9.72 Å². The van der Waals surface area contributed by atoms with E-state index in [4.69, 9.17) is 5.73 Å². The molecule has 0 spiro atoms. The van der Waals surface area contributed by atoms with E-state index in [0.29, 0.717) is 30.6 Å². The summed E-state index contributed by atoms with van der Waals surface area (Å²) in [5.41, 5.74) is 6.51. The Hall–Kier alpha value is -1.95. The first kappa shape index (κ1) is 15.1. The second-order valence-corrected chi connectivity index (χ2v) is 4.25. The molecule has 0 aliphatic carbocycles. The Labute approximate surface area is 112 Å². The van der Waals surface area contributed by atoms with Crippen LogP contribution in [-0.4, -0.2) is 17.4 Å². The maximum Gasteiger partial charge on any atom is 0.274 e. The van der Waals surface area contributed by atoms with Crippen molar-refractivity contribution in [3.63, 3.8) is 0 Å². The highest BCUT2D eigenvalue weighted by Gasteiger charge is 2.13. The summed E-state index contributed by atoms with van der Waals surface area (Å²) in [4.78, 5) is 22.1. The third kappa shape index (κ3) is 4.67. The molecule has 0 atom stereocenters. The van der Waals surface area contributed by atoms with Crippen molar-refractivity contribution in [2.75, 3.05) is 11.9 Å². The number of aryl methyl sites for hydroxylation is 1. The van der Waals surface area contributed by atoms with Crippen LogP contribution in [0.4, 0.5) is 11.4 Å². The van der Waals surface area contributed by atoms with E-state index in [-0.39, 0.29) is 11.6 Å². The first-order chi connectivity index (χ1) is 9.08. The number of carbonyl (C=O) groups excluding carboxylic acids is 1. The van der Waals surface area contributed by atoms with Crippen LogP contribution in [0.15, 0.2) is 18.2 Å². The lowest BCUT2D eigenvalue weighted by Gasteiger charge is -2.06. The molecule has 1 aromatic rings. The summed E-state index contributed by atoms with van der Waals surface area (Å²) in [6.07, 6.45) is 2.47. The van der Waals surface area contributed by atoms with Crippen molar-refractivity contribution in [3.8, 4) is 0 Å². The van der Waals surface area contributed by atoms with Crippen LogP contribution in [0.1, 0.15) is 31.7 Å². The van der Waals surface area contributed by atoms with E-state index in [2.05, 4.69) is 5.32 Å². The number of nitrogens with zero attached hydrogens (tertiary/aromatic N) is 1. The van der Waals surface area contributed by atoms with Crippen molar-refractivity contribution in [3.05, 3.63) is 33.9 Å². The van der Waals surface area contributed by atoms with Gasteiger partial charge in [-0.05, 0) is 31.9 Å². The van der Waals surface area contributed by atoms with Gasteiger partial charge in [-0.25, -0.2) is 0 Å². The lowest BCUT2D eigenvalue weighted by atomic mass is 10.1. The second kappa shape index (κ2) is 7.48. The lowest BCUT2D eigenvalue weighted by Crippen LogP contribution is -2.12. The van der Waals surface area contributed by atoms with Crippen LogP contribution in [0.5, 0.6) is 0 Å². The van der Waals surface area contributed by atoms with Crippen molar-refractivity contribution in [1.29, 1.82) is 0 Å². The summed E-state index contributed by atoms with van der Waals surface area (Å²) in [7, 11) is 0. The molecule has 0 bridgehead atoms. The summed E-state index contributed by atoms with van der Waals surface area (Å²) < 4.78 is 0. The molecule has 0 heterocycles. The Morgan fingerprint density at radius 2 is 2.16 bits per heavy atom. The fourth-order valence-electron chi connectivity index (χ4n) is 1.76. The van der Waals surface area contributed by atoms with E-state index >= 15 is 0 Å². The van der Waals surface area contributed by atoms with E-state index in [1.807, 2.05) is 6.92 Å². The first-order valence-electron chi connectivity index (χ1n) is 6.35. The summed E-state index contributed by atoms with van der Waals surface area (Å²) in [6.45, 7) is 2.41. The summed E-state index contributed by atoms with van der Waals surface area (Å²) >= 11 is 0. The zero-order chi connectivity index (χ0) is 14.3. The number of nitro groups is 1. The Morgan fingerprint density at radius 3 is 2.74 bits per heavy atom. The Morgan fingerprint density at radius 1 is 1.42 bits per heavy atom. The van der Waals surface area contributed by atoms with Gasteiger partial charge in [0.05, 0.1) is 4.92 Å². The largest absolute Gasteiger partial charge is 0.330 e. The summed E-state index contributed by atoms with van der Waals surface area (Å²) in [6, 6.07) is 4.76. The van der Waals surface area contributed by atoms with E-state index in [0.717, 1.165) is 12.8 Å². The summed E-state index contributed by atoms with van der Waals surface area (Å²) in [5, 5.41) is 13.6. The number of nitro benzene ring substituents is 1. The minimum atomic E-state index is -0.428. The van der Waals surface area contributed by atoms with Crippen LogP contribution >= 0.6 is 0 Å². The number of hydrogen-bond acceptors (Lipinski definition) is 4. The van der Waals surface area contributed by atoms with Gasteiger partial charge >= 0.3 is 0 Å². The quantitative estimate of drug-likeness (QED) is 0.448. The van der Waals surface area contributed by atoms with Crippen LogP contribution < -0.4 is 11.1 Å². The van der Waals surface area contributed by atoms with Crippen LogP contribution in [0.3, 0.4) is 0 Å². The highest BCUT2D eigenvalue weighted by molar-refractivity contribution is 5.91. The van der Waals surface area contributed by atoms with Gasteiger partial charge in [-0.15, -0.1) is 0 Å². The maximum absolute atomic E-state index is 11.6. The smallest absolute Gasteiger partial charge is 0.274 e. The second-order valence-electron chi connectivity index (χ2n) is 4.25. The Bertz CT molecular complexity index is 460. The van der Waals surface area contributed by atoms with Crippen LogP contribution in [0.2, 0.25) is 0 Å². The van der Waals surface area contributed by atoms with Gasteiger partial charge < -0.3 is 11.1 Å². The Balaban J connectivity index is 2.71. The molecule has 0 aromatic heterocycles. The van der Waals surface area contributed by atoms with E-state index in [1.54, 1.807) is 12.1 Å². The van der Waals surface area contributed by atoms with Gasteiger partial charge in [0.2, 0.25) is 5.91 Å². The zero-order valence-corrected chi connectivity index (χ0v) is 11.0. The number of benzene rings is 1. The molecule has 0 unspecified atom stereocenters. The molecular weight excluding hydrogens is 246 g/mol. The predicted octanol–water partition coefficient (Wildman–Crippen LogP) is 2.22. The molecule has 0 aliphatic heterocycles. The molecule has 104 valence electrons. The third-order valence-corrected chi connectivity index (χ3v) is 2.80. The molecule has 3 N–H and O–H groups in total. The topological polar surface area (TPSA) is 98.3 Å². The molecule has 1 amide bonds. The number of nitrogens with one attached hydrogen (secondary N) is 1. The molecule has 0 fully saturated rings. The van der Waals surface area contributed by atoms with Crippen molar-refractivity contribution in [2.45, 2.75) is 32.6 Å². The normalized spacial score (nSPS) is 10.2. The van der Waals surface area contributed by atoms with Gasteiger partial charge in [0.15, 0.2) is 0 Å². The summed E-state index contributed by atoms with van der Waals surface area (Å²) in [5.74, 6) is -0.146. The molecule has 6 nitrogen and oxygen atoms in total. The minimum Gasteiger partial charge on any atom is -0.330 e. The predicted molar refractivity (Wildman–Crippen MR) is 74.0 cm³/mol. The van der Waals surface area contributed by atoms with E-state index in [9.17, 15) is 14.9 Å². The SMILES string of the molecule is CCc1ccc(NC(=O)CCCCN)cc1[N+](=O)[O-]. The monoisotopic (exact) mass is 265 g/mol. The average Bonchev–Trinajstić information content (AvgIpc) is 2.39. The average molecular weight is 265 g/mol. The number of anilines is 1. The van der Waals surface area contributed by atoms with Crippen LogP contribution in [0.25, 0.3) is 0 Å². The molecule has 0 aliphatic rings. The van der Waals surface area contributed by atoms with E-state index < -0.39 is 4.92 Å². The number of rotatable bonds is 7. The third-order valence-electron chi connectivity index (χ3n) is 2.80. The fraction of sp³-hybridized carbons (Fsp3) is 0.462.